The van der Waals surface area contributed by atoms with Crippen LogP contribution in [0.3, 0.4) is 0 Å². The number of halogens is 1. The third-order valence-corrected chi connectivity index (χ3v) is 5.97. The van der Waals surface area contributed by atoms with Gasteiger partial charge < -0.3 is 10.2 Å². The van der Waals surface area contributed by atoms with Gasteiger partial charge in [0.15, 0.2) is 5.13 Å². The van der Waals surface area contributed by atoms with Gasteiger partial charge in [-0.05, 0) is 24.6 Å². The van der Waals surface area contributed by atoms with Crippen LogP contribution in [0.2, 0.25) is 0 Å². The summed E-state index contributed by atoms with van der Waals surface area (Å²) in [6.45, 7) is 3.43. The van der Waals surface area contributed by atoms with E-state index in [-0.39, 0.29) is 17.8 Å². The van der Waals surface area contributed by atoms with Crippen molar-refractivity contribution in [1.29, 1.82) is 0 Å². The molecule has 0 unspecified atom stereocenters. The average molecular weight is 428 g/mol. The van der Waals surface area contributed by atoms with Gasteiger partial charge in [-0.1, -0.05) is 23.5 Å². The lowest BCUT2D eigenvalue weighted by Crippen LogP contribution is -2.31. The first kappa shape index (κ1) is 20.0. The summed E-state index contributed by atoms with van der Waals surface area (Å²) in [5.74, 6) is -0.558. The Labute approximate surface area is 176 Å². The van der Waals surface area contributed by atoms with Crippen LogP contribution in [0.15, 0.2) is 36.7 Å². The lowest BCUT2D eigenvalue weighted by molar-refractivity contribution is 0.0954. The van der Waals surface area contributed by atoms with Crippen molar-refractivity contribution in [2.75, 3.05) is 18.0 Å². The maximum absolute atomic E-state index is 13.4. The highest BCUT2D eigenvalue weighted by Crippen LogP contribution is 2.29. The van der Waals surface area contributed by atoms with E-state index in [0.29, 0.717) is 41.9 Å². The molecule has 0 saturated carbocycles. The van der Waals surface area contributed by atoms with E-state index in [1.54, 1.807) is 39.7 Å². The van der Waals surface area contributed by atoms with Crippen molar-refractivity contribution in [1.82, 2.24) is 25.0 Å². The van der Waals surface area contributed by atoms with E-state index >= 15 is 0 Å². The van der Waals surface area contributed by atoms with Crippen molar-refractivity contribution in [2.24, 2.45) is 7.05 Å². The predicted molar refractivity (Wildman–Crippen MR) is 111 cm³/mol. The van der Waals surface area contributed by atoms with E-state index in [2.05, 4.69) is 15.4 Å². The monoisotopic (exact) mass is 428 g/mol. The van der Waals surface area contributed by atoms with Gasteiger partial charge in [-0.15, -0.1) is 0 Å². The molecule has 1 aliphatic heterocycles. The number of hydrogen-bond donors (Lipinski definition) is 1. The second-order valence-corrected chi connectivity index (χ2v) is 8.08. The van der Waals surface area contributed by atoms with Crippen molar-refractivity contribution in [3.8, 4) is 0 Å². The summed E-state index contributed by atoms with van der Waals surface area (Å²) < 4.78 is 15.1. The highest BCUT2D eigenvalue weighted by atomic mass is 32.1. The number of thiazole rings is 1. The molecule has 0 atom stereocenters. The average Bonchev–Trinajstić information content (AvgIpc) is 3.40. The van der Waals surface area contributed by atoms with Crippen LogP contribution in [0.1, 0.15) is 26.5 Å². The highest BCUT2D eigenvalue weighted by molar-refractivity contribution is 7.17. The number of carbonyl (C=O) groups excluding carboxylic acids is 2. The Morgan fingerprint density at radius 1 is 1.30 bits per heavy atom. The number of hydrogen-bond acceptors (Lipinski definition) is 5. The molecule has 4 rings (SSSR count). The molecule has 1 aliphatic rings. The van der Waals surface area contributed by atoms with Crippen LogP contribution >= 0.6 is 11.3 Å². The van der Waals surface area contributed by atoms with E-state index < -0.39 is 0 Å². The van der Waals surface area contributed by atoms with Gasteiger partial charge in [-0.2, -0.15) is 5.10 Å². The van der Waals surface area contributed by atoms with Crippen LogP contribution in [0, 0.1) is 12.7 Å². The fraction of sp³-hybridized carbons (Fsp3) is 0.300. The molecule has 0 radical (unpaired) electrons. The number of rotatable bonds is 6. The first-order valence-corrected chi connectivity index (χ1v) is 10.3. The Morgan fingerprint density at radius 3 is 2.87 bits per heavy atom. The molecule has 10 heteroatoms. The molecule has 30 heavy (non-hydrogen) atoms. The molecule has 0 spiro atoms. The van der Waals surface area contributed by atoms with Crippen molar-refractivity contribution >= 4 is 28.4 Å². The zero-order valence-corrected chi connectivity index (χ0v) is 17.4. The number of aryl methyl sites for hydroxylation is 2. The van der Waals surface area contributed by atoms with Gasteiger partial charge in [-0.3, -0.25) is 14.4 Å². The largest absolute Gasteiger partial charge is 0.347 e. The first-order valence-electron chi connectivity index (χ1n) is 9.45. The molecule has 156 valence electrons. The molecule has 1 saturated heterocycles. The quantitative estimate of drug-likeness (QED) is 0.654. The molecule has 0 bridgehead atoms. The Kier molecular flexibility index (Phi) is 5.49. The number of nitrogens with zero attached hydrogens (tertiary/aromatic N) is 5. The van der Waals surface area contributed by atoms with E-state index in [0.717, 1.165) is 11.1 Å². The second-order valence-electron chi connectivity index (χ2n) is 7.10. The summed E-state index contributed by atoms with van der Waals surface area (Å²) >= 11 is 1.19. The minimum atomic E-state index is -0.325. The number of amides is 3. The van der Waals surface area contributed by atoms with Gasteiger partial charge in [0.2, 0.25) is 0 Å². The van der Waals surface area contributed by atoms with Crippen molar-refractivity contribution in [3.05, 3.63) is 64.2 Å². The van der Waals surface area contributed by atoms with Crippen molar-refractivity contribution < 1.29 is 14.0 Å². The Balaban J connectivity index is 1.42. The minimum absolute atomic E-state index is 0.199. The van der Waals surface area contributed by atoms with Crippen LogP contribution in [0.4, 0.5) is 14.3 Å². The molecule has 3 amide bonds. The third kappa shape index (κ3) is 4.18. The molecule has 2 aromatic heterocycles. The van der Waals surface area contributed by atoms with Gasteiger partial charge in [-0.25, -0.2) is 14.2 Å². The van der Waals surface area contributed by atoms with E-state index in [9.17, 15) is 14.0 Å². The molecule has 0 aliphatic carbocycles. The third-order valence-electron chi connectivity index (χ3n) is 4.79. The number of nitrogens with one attached hydrogen (secondary N) is 1. The lowest BCUT2D eigenvalue weighted by Gasteiger charge is -2.17. The summed E-state index contributed by atoms with van der Waals surface area (Å²) in [5.41, 5.74) is 2.21. The fourth-order valence-corrected chi connectivity index (χ4v) is 4.30. The van der Waals surface area contributed by atoms with Crippen LogP contribution in [-0.4, -0.2) is 44.7 Å². The Bertz CT molecular complexity index is 1090. The predicted octanol–water partition coefficient (Wildman–Crippen LogP) is 2.70. The molecule has 1 fully saturated rings. The van der Waals surface area contributed by atoms with Crippen LogP contribution in [0.5, 0.6) is 0 Å². The van der Waals surface area contributed by atoms with Crippen molar-refractivity contribution in [3.63, 3.8) is 0 Å². The molecule has 3 aromatic rings. The Hall–Kier alpha value is -3.27. The van der Waals surface area contributed by atoms with Crippen LogP contribution in [0.25, 0.3) is 0 Å². The summed E-state index contributed by atoms with van der Waals surface area (Å²) in [5, 5.41) is 7.43. The molecule has 8 nitrogen and oxygen atoms in total. The zero-order valence-electron chi connectivity index (χ0n) is 16.6. The fourth-order valence-electron chi connectivity index (χ4n) is 3.30. The van der Waals surface area contributed by atoms with Crippen LogP contribution < -0.4 is 10.2 Å². The minimum Gasteiger partial charge on any atom is -0.347 e. The molecule has 1 aromatic carbocycles. The van der Waals surface area contributed by atoms with Gasteiger partial charge in [0, 0.05) is 45.0 Å². The Morgan fingerprint density at radius 2 is 2.13 bits per heavy atom. The van der Waals surface area contributed by atoms with E-state index in [1.165, 1.54) is 23.5 Å². The summed E-state index contributed by atoms with van der Waals surface area (Å²) in [6, 6.07) is 6.02. The van der Waals surface area contributed by atoms with Gasteiger partial charge in [0.05, 0.1) is 11.9 Å². The topological polar surface area (TPSA) is 83.4 Å². The number of carbonyl (C=O) groups is 2. The van der Waals surface area contributed by atoms with Crippen molar-refractivity contribution in [2.45, 2.75) is 20.0 Å². The number of urea groups is 1. The van der Waals surface area contributed by atoms with Crippen LogP contribution in [-0.2, 0) is 20.1 Å². The van der Waals surface area contributed by atoms with Gasteiger partial charge in [0.1, 0.15) is 10.7 Å². The second kappa shape index (κ2) is 8.23. The van der Waals surface area contributed by atoms with Gasteiger partial charge >= 0.3 is 6.03 Å². The summed E-state index contributed by atoms with van der Waals surface area (Å²) in [6.07, 6.45) is 3.53. The van der Waals surface area contributed by atoms with Gasteiger partial charge in [0.25, 0.3) is 5.91 Å². The standard InChI is InChI=1S/C20H21FN6O2S/c1-13-17(18(28)22-9-15-10-23-25(2)11-15)30-19(24-13)27-7-6-26(20(27)29)12-14-4-3-5-16(21)8-14/h3-5,8,10-11H,6-7,9,12H2,1-2H3,(H,22,28). The first-order chi connectivity index (χ1) is 14.4. The number of aromatic nitrogens is 3. The summed E-state index contributed by atoms with van der Waals surface area (Å²) in [4.78, 5) is 33.5. The maximum Gasteiger partial charge on any atom is 0.326 e. The number of anilines is 1. The van der Waals surface area contributed by atoms with E-state index in [4.69, 9.17) is 0 Å². The lowest BCUT2D eigenvalue weighted by atomic mass is 10.2. The SMILES string of the molecule is Cc1nc(N2CCN(Cc3cccc(F)c3)C2=O)sc1C(=O)NCc1cnn(C)c1. The molecule has 3 heterocycles. The highest BCUT2D eigenvalue weighted by Gasteiger charge is 2.32. The maximum atomic E-state index is 13.4. The molecular weight excluding hydrogens is 407 g/mol. The number of benzene rings is 1. The smallest absolute Gasteiger partial charge is 0.326 e. The molecular formula is C20H21FN6O2S. The normalized spacial score (nSPS) is 13.9. The zero-order chi connectivity index (χ0) is 21.3. The molecule has 1 N–H and O–H groups in total. The summed E-state index contributed by atoms with van der Waals surface area (Å²) in [7, 11) is 1.82. The van der Waals surface area contributed by atoms with E-state index in [1.807, 2.05) is 13.2 Å².